The molecule has 8 heteroatoms. The summed E-state index contributed by atoms with van der Waals surface area (Å²) in [5.41, 5.74) is 2.29. The predicted molar refractivity (Wildman–Crippen MR) is 92.2 cm³/mol. The van der Waals surface area contributed by atoms with Crippen molar-refractivity contribution in [3.63, 3.8) is 0 Å². The second-order valence-corrected chi connectivity index (χ2v) is 7.59. The van der Waals surface area contributed by atoms with Crippen LogP contribution in [0.25, 0.3) is 5.65 Å². The lowest BCUT2D eigenvalue weighted by atomic mass is 10.4. The Kier molecular flexibility index (Phi) is 4.92. The number of rotatable bonds is 6. The summed E-state index contributed by atoms with van der Waals surface area (Å²) in [5, 5.41) is 11.9. The summed E-state index contributed by atoms with van der Waals surface area (Å²) >= 11 is 3.26. The molecule has 1 amide bonds. The molecule has 0 bridgehead atoms. The van der Waals surface area contributed by atoms with Gasteiger partial charge in [-0.1, -0.05) is 29.2 Å². The van der Waals surface area contributed by atoms with Gasteiger partial charge in [0.2, 0.25) is 0 Å². The van der Waals surface area contributed by atoms with Gasteiger partial charge < -0.3 is 9.72 Å². The molecule has 0 spiro atoms. The first-order valence-electron chi connectivity index (χ1n) is 7.29. The second kappa shape index (κ2) is 7.10. The Hall–Kier alpha value is -1.93. The molecule has 0 unspecified atom stereocenters. The van der Waals surface area contributed by atoms with Crippen LogP contribution in [-0.2, 0) is 0 Å². The van der Waals surface area contributed by atoms with Gasteiger partial charge in [-0.15, -0.1) is 10.2 Å². The van der Waals surface area contributed by atoms with Crippen LogP contribution < -0.4 is 5.32 Å². The molecule has 6 nitrogen and oxygen atoms in total. The van der Waals surface area contributed by atoms with E-state index in [2.05, 4.69) is 20.5 Å². The maximum atomic E-state index is 12.1. The molecule has 0 fully saturated rings. The normalized spacial score (nSPS) is 11.0. The highest BCUT2D eigenvalue weighted by molar-refractivity contribution is 8.01. The third kappa shape index (κ3) is 3.89. The molecule has 0 aliphatic carbocycles. The highest BCUT2D eigenvalue weighted by atomic mass is 32.2. The van der Waals surface area contributed by atoms with Crippen LogP contribution in [0.3, 0.4) is 0 Å². The summed E-state index contributed by atoms with van der Waals surface area (Å²) in [6, 6.07) is 5.82. The van der Waals surface area contributed by atoms with Gasteiger partial charge in [-0.3, -0.25) is 4.79 Å². The first-order chi connectivity index (χ1) is 11.1. The minimum absolute atomic E-state index is 0.134. The van der Waals surface area contributed by atoms with E-state index in [0.717, 1.165) is 32.9 Å². The van der Waals surface area contributed by atoms with E-state index >= 15 is 0 Å². The smallest absolute Gasteiger partial charge is 0.271 e. The Bertz CT molecular complexity index is 826. The van der Waals surface area contributed by atoms with Gasteiger partial charge in [0, 0.05) is 24.2 Å². The van der Waals surface area contributed by atoms with Crippen molar-refractivity contribution in [1.29, 1.82) is 0 Å². The number of hydrogen-bond donors (Lipinski definition) is 1. The maximum Gasteiger partial charge on any atom is 0.271 e. The van der Waals surface area contributed by atoms with Crippen molar-refractivity contribution in [2.75, 3.05) is 12.3 Å². The Morgan fingerprint density at radius 1 is 1.35 bits per heavy atom. The van der Waals surface area contributed by atoms with Gasteiger partial charge in [-0.05, 0) is 32.4 Å². The van der Waals surface area contributed by atoms with Crippen molar-refractivity contribution in [3.8, 4) is 0 Å². The van der Waals surface area contributed by atoms with Gasteiger partial charge in [0.05, 0.1) is 0 Å². The molecule has 3 rings (SSSR count). The lowest BCUT2D eigenvalue weighted by Gasteiger charge is -2.01. The number of amides is 1. The van der Waals surface area contributed by atoms with Crippen molar-refractivity contribution in [3.05, 3.63) is 40.8 Å². The number of fused-ring (bicyclic) bond motifs is 1. The number of aromatic nitrogens is 4. The van der Waals surface area contributed by atoms with Crippen molar-refractivity contribution in [2.24, 2.45) is 0 Å². The van der Waals surface area contributed by atoms with Crippen LogP contribution in [0.4, 0.5) is 0 Å². The summed E-state index contributed by atoms with van der Waals surface area (Å²) < 4.78 is 2.90. The average Bonchev–Trinajstić information content (AvgIpc) is 3.14. The number of nitrogens with one attached hydrogen (secondary N) is 1. The van der Waals surface area contributed by atoms with Crippen LogP contribution in [0.5, 0.6) is 0 Å². The van der Waals surface area contributed by atoms with Crippen LogP contribution in [0.1, 0.15) is 27.6 Å². The number of imidazole rings is 1. The van der Waals surface area contributed by atoms with E-state index in [9.17, 15) is 4.79 Å². The fraction of sp³-hybridized carbons (Fsp3) is 0.333. The quantitative estimate of drug-likeness (QED) is 0.548. The van der Waals surface area contributed by atoms with E-state index in [-0.39, 0.29) is 5.91 Å². The van der Waals surface area contributed by atoms with Gasteiger partial charge in [0.1, 0.15) is 16.3 Å². The second-order valence-electron chi connectivity index (χ2n) is 5.07. The van der Waals surface area contributed by atoms with E-state index in [1.807, 2.05) is 36.4 Å². The molecule has 120 valence electrons. The number of aryl methyl sites for hydroxylation is 2. The predicted octanol–water partition coefficient (Wildman–Crippen LogP) is 2.71. The molecule has 1 N–H and O–H groups in total. The number of thioether (sulfide) groups is 1. The first-order valence-corrected chi connectivity index (χ1v) is 9.09. The average molecular weight is 347 g/mol. The minimum Gasteiger partial charge on any atom is -0.351 e. The highest BCUT2D eigenvalue weighted by Crippen LogP contribution is 2.22. The Morgan fingerprint density at radius 2 is 2.22 bits per heavy atom. The number of carbonyl (C=O) groups is 1. The van der Waals surface area contributed by atoms with Crippen LogP contribution in [0.15, 0.2) is 28.7 Å². The number of pyridine rings is 1. The van der Waals surface area contributed by atoms with Gasteiger partial charge in [-0.25, -0.2) is 4.98 Å². The van der Waals surface area contributed by atoms with E-state index in [1.165, 1.54) is 0 Å². The maximum absolute atomic E-state index is 12.1. The van der Waals surface area contributed by atoms with E-state index in [0.29, 0.717) is 12.2 Å². The number of carbonyl (C=O) groups excluding carboxylic acids is 1. The zero-order chi connectivity index (χ0) is 16.2. The summed E-state index contributed by atoms with van der Waals surface area (Å²) in [6.45, 7) is 4.55. The highest BCUT2D eigenvalue weighted by Gasteiger charge is 2.10. The van der Waals surface area contributed by atoms with Crippen molar-refractivity contribution < 1.29 is 4.79 Å². The third-order valence-corrected chi connectivity index (χ3v) is 5.33. The van der Waals surface area contributed by atoms with Crippen molar-refractivity contribution in [1.82, 2.24) is 24.9 Å². The van der Waals surface area contributed by atoms with Crippen molar-refractivity contribution >= 4 is 34.7 Å². The molecule has 0 saturated heterocycles. The third-order valence-electron chi connectivity index (χ3n) is 3.27. The van der Waals surface area contributed by atoms with E-state index in [4.69, 9.17) is 0 Å². The largest absolute Gasteiger partial charge is 0.351 e. The molecular weight excluding hydrogens is 330 g/mol. The van der Waals surface area contributed by atoms with Crippen molar-refractivity contribution in [2.45, 2.75) is 24.6 Å². The van der Waals surface area contributed by atoms with Gasteiger partial charge in [0.25, 0.3) is 5.91 Å². The summed E-state index contributed by atoms with van der Waals surface area (Å²) in [4.78, 5) is 16.5. The Labute approximate surface area is 142 Å². The van der Waals surface area contributed by atoms with E-state index < -0.39 is 0 Å². The van der Waals surface area contributed by atoms with Crippen LogP contribution >= 0.6 is 23.1 Å². The molecule has 3 aromatic rings. The molecule has 0 aliphatic rings. The number of nitrogens with zero attached hydrogens (tertiary/aromatic N) is 4. The molecule has 0 atom stereocenters. The summed E-state index contributed by atoms with van der Waals surface area (Å²) in [6.07, 6.45) is 2.65. The van der Waals surface area contributed by atoms with Gasteiger partial charge in [-0.2, -0.15) is 0 Å². The summed E-state index contributed by atoms with van der Waals surface area (Å²) in [5.74, 6) is 0.768. The zero-order valence-corrected chi connectivity index (χ0v) is 14.6. The van der Waals surface area contributed by atoms with Gasteiger partial charge >= 0.3 is 0 Å². The van der Waals surface area contributed by atoms with Crippen LogP contribution in [0, 0.1) is 13.8 Å². The monoisotopic (exact) mass is 347 g/mol. The molecule has 23 heavy (non-hydrogen) atoms. The fourth-order valence-electron chi connectivity index (χ4n) is 2.12. The first kappa shape index (κ1) is 15.9. The SMILES string of the molecule is Cc1nnc(SCCCNC(=O)c2cn3c(C)cccc3n2)s1. The molecule has 0 radical (unpaired) electrons. The van der Waals surface area contributed by atoms with E-state index in [1.54, 1.807) is 29.3 Å². The molecular formula is C15H17N5OS2. The molecule has 3 aromatic heterocycles. The molecule has 0 aliphatic heterocycles. The summed E-state index contributed by atoms with van der Waals surface area (Å²) in [7, 11) is 0. The topological polar surface area (TPSA) is 72.2 Å². The standard InChI is InChI=1S/C15H17N5OS2/c1-10-5-3-6-13-17-12(9-20(10)13)14(21)16-7-4-8-22-15-19-18-11(2)23-15/h3,5-6,9H,4,7-8H2,1-2H3,(H,16,21). The molecule has 3 heterocycles. The minimum atomic E-state index is -0.134. The molecule has 0 saturated carbocycles. The number of hydrogen-bond acceptors (Lipinski definition) is 6. The Balaban J connectivity index is 1.48. The zero-order valence-electron chi connectivity index (χ0n) is 12.9. The lowest BCUT2D eigenvalue weighted by molar-refractivity contribution is 0.0949. The van der Waals surface area contributed by atoms with Crippen LogP contribution in [-0.4, -0.2) is 37.8 Å². The van der Waals surface area contributed by atoms with Crippen LogP contribution in [0.2, 0.25) is 0 Å². The Morgan fingerprint density at radius 3 is 2.96 bits per heavy atom. The molecule has 0 aromatic carbocycles. The fourth-order valence-corrected chi connectivity index (χ4v) is 3.94. The lowest BCUT2D eigenvalue weighted by Crippen LogP contribution is -2.25. The van der Waals surface area contributed by atoms with Gasteiger partial charge in [0.15, 0.2) is 4.34 Å².